The molecule has 0 rings (SSSR count). The van der Waals surface area contributed by atoms with E-state index in [-0.39, 0.29) is 0 Å². The molecule has 0 bridgehead atoms. The van der Waals surface area contributed by atoms with Crippen molar-refractivity contribution in [1.82, 2.24) is 0 Å². The van der Waals surface area contributed by atoms with Crippen LogP contribution >= 0.6 is 0 Å². The maximum absolute atomic E-state index is 9.95. The number of rotatable bonds is 10. The maximum Gasteiger partial charge on any atom is 0.142 e. The highest BCUT2D eigenvalue weighted by molar-refractivity contribution is 5.64. The zero-order valence-corrected chi connectivity index (χ0v) is 9.23. The van der Waals surface area contributed by atoms with Gasteiger partial charge in [-0.3, -0.25) is 9.59 Å². The minimum atomic E-state index is 0.819. The molecule has 0 aliphatic carbocycles. The van der Waals surface area contributed by atoms with Gasteiger partial charge in [0.1, 0.15) is 12.6 Å². The summed E-state index contributed by atoms with van der Waals surface area (Å²) >= 11 is 0. The van der Waals surface area contributed by atoms with E-state index >= 15 is 0 Å². The Bertz CT molecular complexity index is 183. The second-order valence-corrected chi connectivity index (χ2v) is 3.47. The van der Waals surface area contributed by atoms with Crippen molar-refractivity contribution in [3.05, 3.63) is 24.3 Å². The molecule has 0 atom stereocenters. The first-order valence-corrected chi connectivity index (χ1v) is 5.62. The summed E-state index contributed by atoms with van der Waals surface area (Å²) in [5.74, 6) is 0. The average molecular weight is 208 g/mol. The predicted molar refractivity (Wildman–Crippen MR) is 62.7 cm³/mol. The summed E-state index contributed by atoms with van der Waals surface area (Å²) in [6.45, 7) is 0. The van der Waals surface area contributed by atoms with Gasteiger partial charge in [-0.05, 0) is 37.8 Å². The van der Waals surface area contributed by atoms with Gasteiger partial charge in [-0.2, -0.15) is 0 Å². The van der Waals surface area contributed by atoms with Gasteiger partial charge in [0.2, 0.25) is 0 Å². The molecule has 0 saturated carbocycles. The van der Waals surface area contributed by atoms with Crippen LogP contribution in [-0.2, 0) is 9.59 Å². The Morgan fingerprint density at radius 1 is 0.600 bits per heavy atom. The Labute approximate surface area is 92.1 Å². The topological polar surface area (TPSA) is 34.1 Å². The molecule has 0 N–H and O–H groups in total. The van der Waals surface area contributed by atoms with Gasteiger partial charge in [0.25, 0.3) is 0 Å². The lowest BCUT2D eigenvalue weighted by atomic mass is 10.1. The summed E-state index contributed by atoms with van der Waals surface area (Å²) in [6.07, 6.45) is 16.6. The lowest BCUT2D eigenvalue weighted by molar-refractivity contribution is -0.104. The van der Waals surface area contributed by atoms with Gasteiger partial charge in [-0.1, -0.05) is 31.4 Å². The van der Waals surface area contributed by atoms with Crippen molar-refractivity contribution in [3.63, 3.8) is 0 Å². The molecule has 15 heavy (non-hydrogen) atoms. The van der Waals surface area contributed by atoms with Gasteiger partial charge >= 0.3 is 0 Å². The molecule has 2 heteroatoms. The molecular formula is C13H20O2. The van der Waals surface area contributed by atoms with Crippen molar-refractivity contribution in [2.24, 2.45) is 0 Å². The number of hydrogen-bond acceptors (Lipinski definition) is 2. The fourth-order valence-electron chi connectivity index (χ4n) is 1.36. The van der Waals surface area contributed by atoms with Crippen molar-refractivity contribution < 1.29 is 9.59 Å². The first-order valence-electron chi connectivity index (χ1n) is 5.62. The summed E-state index contributed by atoms with van der Waals surface area (Å²) in [7, 11) is 0. The normalized spacial score (nSPS) is 11.2. The predicted octanol–water partition coefficient (Wildman–Crippen LogP) is 3.23. The van der Waals surface area contributed by atoms with Gasteiger partial charge in [0.05, 0.1) is 0 Å². The van der Waals surface area contributed by atoms with Crippen molar-refractivity contribution in [1.29, 1.82) is 0 Å². The van der Waals surface area contributed by atoms with E-state index in [4.69, 9.17) is 0 Å². The van der Waals surface area contributed by atoms with Crippen LogP contribution in [0, 0.1) is 0 Å². The van der Waals surface area contributed by atoms with Gasteiger partial charge in [-0.15, -0.1) is 0 Å². The smallest absolute Gasteiger partial charge is 0.142 e. The summed E-state index contributed by atoms with van der Waals surface area (Å²) in [5.41, 5.74) is 0. The Hall–Kier alpha value is -1.18. The minimum Gasteiger partial charge on any atom is -0.299 e. The minimum absolute atomic E-state index is 0.819. The average Bonchev–Trinajstić information content (AvgIpc) is 2.26. The molecule has 0 heterocycles. The van der Waals surface area contributed by atoms with Gasteiger partial charge in [0, 0.05) is 0 Å². The zero-order chi connectivity index (χ0) is 11.2. The van der Waals surface area contributed by atoms with E-state index in [9.17, 15) is 9.59 Å². The van der Waals surface area contributed by atoms with Crippen molar-refractivity contribution in [2.45, 2.75) is 44.9 Å². The van der Waals surface area contributed by atoms with E-state index in [1.807, 2.05) is 12.2 Å². The molecule has 0 aromatic carbocycles. The van der Waals surface area contributed by atoms with Crippen LogP contribution < -0.4 is 0 Å². The highest BCUT2D eigenvalue weighted by atomic mass is 16.1. The summed E-state index contributed by atoms with van der Waals surface area (Å²) in [5, 5.41) is 0. The van der Waals surface area contributed by atoms with Crippen LogP contribution in [-0.4, -0.2) is 12.6 Å². The third-order valence-electron chi connectivity index (χ3n) is 2.17. The van der Waals surface area contributed by atoms with Gasteiger partial charge < -0.3 is 0 Å². The molecule has 84 valence electrons. The Morgan fingerprint density at radius 2 is 1.00 bits per heavy atom. The van der Waals surface area contributed by atoms with E-state index in [0.717, 1.165) is 38.3 Å². The molecule has 0 aromatic rings. The van der Waals surface area contributed by atoms with Crippen molar-refractivity contribution in [2.75, 3.05) is 0 Å². The molecule has 0 amide bonds. The van der Waals surface area contributed by atoms with Crippen molar-refractivity contribution >= 4 is 12.6 Å². The SMILES string of the molecule is O=C/C=C/CCCCCCC/C=C/C=O. The van der Waals surface area contributed by atoms with Crippen LogP contribution in [0.2, 0.25) is 0 Å². The molecule has 0 aliphatic rings. The van der Waals surface area contributed by atoms with E-state index in [1.165, 1.54) is 19.3 Å². The van der Waals surface area contributed by atoms with Crippen LogP contribution in [0.1, 0.15) is 44.9 Å². The lowest BCUT2D eigenvalue weighted by Gasteiger charge is -1.97. The molecule has 0 fully saturated rings. The highest BCUT2D eigenvalue weighted by Crippen LogP contribution is 2.07. The van der Waals surface area contributed by atoms with Crippen LogP contribution in [0.25, 0.3) is 0 Å². The number of carbonyl (C=O) groups is 2. The van der Waals surface area contributed by atoms with Crippen LogP contribution in [0.15, 0.2) is 24.3 Å². The third-order valence-corrected chi connectivity index (χ3v) is 2.17. The Morgan fingerprint density at radius 3 is 1.40 bits per heavy atom. The first-order chi connectivity index (χ1) is 7.41. The van der Waals surface area contributed by atoms with Gasteiger partial charge in [-0.25, -0.2) is 0 Å². The lowest BCUT2D eigenvalue weighted by Crippen LogP contribution is -1.78. The molecule has 0 saturated heterocycles. The monoisotopic (exact) mass is 208 g/mol. The van der Waals surface area contributed by atoms with E-state index in [0.29, 0.717) is 0 Å². The maximum atomic E-state index is 9.95. The molecule has 0 aromatic heterocycles. The molecule has 0 radical (unpaired) electrons. The molecular weight excluding hydrogens is 188 g/mol. The Kier molecular flexibility index (Phi) is 11.8. The van der Waals surface area contributed by atoms with Crippen molar-refractivity contribution in [3.8, 4) is 0 Å². The second kappa shape index (κ2) is 12.8. The molecule has 0 unspecified atom stereocenters. The third kappa shape index (κ3) is 12.8. The first kappa shape index (κ1) is 13.8. The zero-order valence-electron chi connectivity index (χ0n) is 9.23. The fourth-order valence-corrected chi connectivity index (χ4v) is 1.36. The van der Waals surface area contributed by atoms with Crippen LogP contribution in [0.3, 0.4) is 0 Å². The number of hydrogen-bond donors (Lipinski definition) is 0. The number of carbonyl (C=O) groups excluding carboxylic acids is 2. The molecule has 0 aliphatic heterocycles. The number of unbranched alkanes of at least 4 members (excludes halogenated alkanes) is 6. The van der Waals surface area contributed by atoms with E-state index in [2.05, 4.69) is 0 Å². The van der Waals surface area contributed by atoms with Gasteiger partial charge in [0.15, 0.2) is 0 Å². The molecule has 2 nitrogen and oxygen atoms in total. The number of aldehydes is 2. The summed E-state index contributed by atoms with van der Waals surface area (Å²) < 4.78 is 0. The van der Waals surface area contributed by atoms with E-state index in [1.54, 1.807) is 12.2 Å². The summed E-state index contributed by atoms with van der Waals surface area (Å²) in [6, 6.07) is 0. The molecule has 0 spiro atoms. The van der Waals surface area contributed by atoms with Crippen LogP contribution in [0.5, 0.6) is 0 Å². The highest BCUT2D eigenvalue weighted by Gasteiger charge is 1.88. The quantitative estimate of drug-likeness (QED) is 0.314. The number of allylic oxidation sites excluding steroid dienone is 4. The van der Waals surface area contributed by atoms with Crippen LogP contribution in [0.4, 0.5) is 0 Å². The Balaban J connectivity index is 3.04. The largest absolute Gasteiger partial charge is 0.299 e. The fraction of sp³-hybridized carbons (Fsp3) is 0.538. The standard InChI is InChI=1S/C13H20O2/c14-12-10-8-6-4-2-1-3-5-7-9-11-13-15/h8-13H,1-7H2/b10-8+,11-9+. The van der Waals surface area contributed by atoms with E-state index < -0.39 is 0 Å². The summed E-state index contributed by atoms with van der Waals surface area (Å²) in [4.78, 5) is 19.9. The second-order valence-electron chi connectivity index (χ2n) is 3.47.